The molecule has 0 unspecified atom stereocenters. The van der Waals surface area contributed by atoms with Gasteiger partial charge in [0.15, 0.2) is 0 Å². The second-order valence-corrected chi connectivity index (χ2v) is 5.26. The van der Waals surface area contributed by atoms with E-state index in [9.17, 15) is 0 Å². The monoisotopic (exact) mass is 289 g/mol. The summed E-state index contributed by atoms with van der Waals surface area (Å²) in [6.45, 7) is 7.75. The third kappa shape index (κ3) is 4.68. The molecule has 0 aromatic heterocycles. The van der Waals surface area contributed by atoms with Crippen molar-refractivity contribution in [3.63, 3.8) is 0 Å². The molecule has 1 rings (SSSR count). The molecule has 18 heavy (non-hydrogen) atoms. The maximum atomic E-state index is 6.18. The number of ether oxygens (including phenoxy) is 1. The number of nitrogens with one attached hydrogen (secondary N) is 1. The van der Waals surface area contributed by atoms with Crippen LogP contribution in [-0.4, -0.2) is 12.6 Å². The van der Waals surface area contributed by atoms with Crippen LogP contribution in [0.1, 0.15) is 39.2 Å². The Labute approximate surface area is 120 Å². The van der Waals surface area contributed by atoms with Crippen molar-refractivity contribution >= 4 is 23.2 Å². The smallest absolute Gasteiger partial charge is 0.142 e. The topological polar surface area (TPSA) is 21.3 Å². The summed E-state index contributed by atoms with van der Waals surface area (Å²) in [5.74, 6) is 0.749. The zero-order valence-electron chi connectivity index (χ0n) is 11.2. The molecular weight excluding hydrogens is 269 g/mol. The molecule has 102 valence electrons. The lowest BCUT2D eigenvalue weighted by Gasteiger charge is -2.16. The lowest BCUT2D eigenvalue weighted by Crippen LogP contribution is -2.24. The zero-order valence-corrected chi connectivity index (χ0v) is 12.7. The molecule has 0 amide bonds. The van der Waals surface area contributed by atoms with E-state index in [2.05, 4.69) is 26.1 Å². The summed E-state index contributed by atoms with van der Waals surface area (Å²) in [6, 6.07) is 4.09. The summed E-state index contributed by atoms with van der Waals surface area (Å²) in [5, 5.41) is 4.65. The summed E-state index contributed by atoms with van der Waals surface area (Å²) in [7, 11) is 0. The van der Waals surface area contributed by atoms with Crippen molar-refractivity contribution in [3.05, 3.63) is 27.7 Å². The van der Waals surface area contributed by atoms with Crippen LogP contribution in [0.3, 0.4) is 0 Å². The Morgan fingerprint density at radius 2 is 2.00 bits per heavy atom. The first-order valence-electron chi connectivity index (χ1n) is 6.42. The van der Waals surface area contributed by atoms with E-state index in [-0.39, 0.29) is 0 Å². The highest BCUT2D eigenvalue weighted by Crippen LogP contribution is 2.32. The van der Waals surface area contributed by atoms with Crippen molar-refractivity contribution in [2.24, 2.45) is 0 Å². The van der Waals surface area contributed by atoms with Gasteiger partial charge in [-0.1, -0.05) is 37.0 Å². The Bertz CT molecular complexity index is 382. The van der Waals surface area contributed by atoms with Gasteiger partial charge < -0.3 is 10.1 Å². The fraction of sp³-hybridized carbons (Fsp3) is 0.571. The second kappa shape index (κ2) is 7.88. The quantitative estimate of drug-likeness (QED) is 0.788. The molecular formula is C14H21Cl2NO. The highest BCUT2D eigenvalue weighted by atomic mass is 35.5. The van der Waals surface area contributed by atoms with Crippen LogP contribution in [0.4, 0.5) is 0 Å². The Balaban J connectivity index is 2.85. The minimum absolute atomic E-state index is 0.460. The molecule has 0 heterocycles. The fourth-order valence-corrected chi connectivity index (χ4v) is 2.13. The van der Waals surface area contributed by atoms with Gasteiger partial charge in [0.1, 0.15) is 5.75 Å². The Morgan fingerprint density at radius 1 is 1.28 bits per heavy atom. The van der Waals surface area contributed by atoms with E-state index in [0.29, 0.717) is 29.2 Å². The number of hydrogen-bond acceptors (Lipinski definition) is 2. The van der Waals surface area contributed by atoms with Crippen LogP contribution in [-0.2, 0) is 6.54 Å². The van der Waals surface area contributed by atoms with Crippen LogP contribution in [0.25, 0.3) is 0 Å². The molecule has 1 aromatic rings. The summed E-state index contributed by atoms with van der Waals surface area (Å²) in [6.07, 6.45) is 2.04. The van der Waals surface area contributed by atoms with Gasteiger partial charge >= 0.3 is 0 Å². The number of hydrogen-bond donors (Lipinski definition) is 1. The molecule has 1 aromatic carbocycles. The molecule has 0 bridgehead atoms. The van der Waals surface area contributed by atoms with E-state index >= 15 is 0 Å². The largest absolute Gasteiger partial charge is 0.492 e. The van der Waals surface area contributed by atoms with Gasteiger partial charge in [0.05, 0.1) is 11.6 Å². The molecule has 0 aliphatic carbocycles. The van der Waals surface area contributed by atoms with Crippen LogP contribution in [0.5, 0.6) is 5.75 Å². The van der Waals surface area contributed by atoms with Gasteiger partial charge in [-0.2, -0.15) is 0 Å². The van der Waals surface area contributed by atoms with E-state index in [1.54, 1.807) is 6.07 Å². The van der Waals surface area contributed by atoms with E-state index in [1.807, 2.05) is 6.07 Å². The van der Waals surface area contributed by atoms with Crippen molar-refractivity contribution in [2.75, 3.05) is 6.61 Å². The van der Waals surface area contributed by atoms with Crippen molar-refractivity contribution in [1.29, 1.82) is 0 Å². The van der Waals surface area contributed by atoms with Crippen molar-refractivity contribution in [3.8, 4) is 5.75 Å². The second-order valence-electron chi connectivity index (χ2n) is 4.41. The fourth-order valence-electron chi connectivity index (χ4n) is 1.54. The molecule has 2 nitrogen and oxygen atoms in total. The van der Waals surface area contributed by atoms with E-state index in [4.69, 9.17) is 27.9 Å². The van der Waals surface area contributed by atoms with Crippen molar-refractivity contribution < 1.29 is 4.74 Å². The minimum Gasteiger partial charge on any atom is -0.492 e. The average molecular weight is 290 g/mol. The Hall–Kier alpha value is -0.440. The molecule has 0 saturated carbocycles. The first kappa shape index (κ1) is 15.6. The van der Waals surface area contributed by atoms with Gasteiger partial charge in [-0.25, -0.2) is 0 Å². The standard InChI is InChI=1S/C14H21Cl2NO/c1-4-6-18-14-11(9-17-10(3)5-2)7-12(15)8-13(14)16/h7-8,10,17H,4-6,9H2,1-3H3/t10-/m1/s1. The minimum atomic E-state index is 0.460. The van der Waals surface area contributed by atoms with Crippen LogP contribution >= 0.6 is 23.2 Å². The van der Waals surface area contributed by atoms with E-state index < -0.39 is 0 Å². The van der Waals surface area contributed by atoms with Crippen LogP contribution in [0.2, 0.25) is 10.0 Å². The molecule has 0 saturated heterocycles. The predicted octanol–water partition coefficient (Wildman–Crippen LogP) is 4.67. The van der Waals surface area contributed by atoms with Gasteiger partial charge in [0.2, 0.25) is 0 Å². The van der Waals surface area contributed by atoms with Gasteiger partial charge in [-0.15, -0.1) is 0 Å². The average Bonchev–Trinajstić information content (AvgIpc) is 2.34. The Kier molecular flexibility index (Phi) is 6.83. The van der Waals surface area contributed by atoms with Crippen LogP contribution in [0, 0.1) is 0 Å². The first-order valence-corrected chi connectivity index (χ1v) is 7.18. The normalized spacial score (nSPS) is 12.5. The first-order chi connectivity index (χ1) is 8.58. The van der Waals surface area contributed by atoms with Crippen LogP contribution < -0.4 is 10.1 Å². The summed E-state index contributed by atoms with van der Waals surface area (Å²) in [5.41, 5.74) is 1.02. The zero-order chi connectivity index (χ0) is 13.5. The number of benzene rings is 1. The maximum absolute atomic E-state index is 6.18. The van der Waals surface area contributed by atoms with Crippen molar-refractivity contribution in [1.82, 2.24) is 5.32 Å². The molecule has 0 aliphatic rings. The highest BCUT2D eigenvalue weighted by Gasteiger charge is 2.11. The Morgan fingerprint density at radius 3 is 2.61 bits per heavy atom. The van der Waals surface area contributed by atoms with E-state index in [0.717, 1.165) is 24.2 Å². The molecule has 0 spiro atoms. The van der Waals surface area contributed by atoms with E-state index in [1.165, 1.54) is 0 Å². The highest BCUT2D eigenvalue weighted by molar-refractivity contribution is 6.35. The van der Waals surface area contributed by atoms with Crippen molar-refractivity contribution in [2.45, 2.75) is 46.2 Å². The molecule has 4 heteroatoms. The third-order valence-electron chi connectivity index (χ3n) is 2.79. The molecule has 0 aliphatic heterocycles. The third-order valence-corrected chi connectivity index (χ3v) is 3.29. The molecule has 1 N–H and O–H groups in total. The van der Waals surface area contributed by atoms with Gasteiger partial charge in [0.25, 0.3) is 0 Å². The SMILES string of the molecule is CCCOc1c(Cl)cc(Cl)cc1CN[C@H](C)CC. The summed E-state index contributed by atoms with van der Waals surface area (Å²) >= 11 is 12.2. The van der Waals surface area contributed by atoms with Crippen LogP contribution in [0.15, 0.2) is 12.1 Å². The summed E-state index contributed by atoms with van der Waals surface area (Å²) in [4.78, 5) is 0. The lowest BCUT2D eigenvalue weighted by atomic mass is 10.1. The number of rotatable bonds is 7. The number of halogens is 2. The summed E-state index contributed by atoms with van der Waals surface area (Å²) < 4.78 is 5.71. The predicted molar refractivity (Wildman–Crippen MR) is 78.8 cm³/mol. The van der Waals surface area contributed by atoms with Gasteiger partial charge in [-0.3, -0.25) is 0 Å². The lowest BCUT2D eigenvalue weighted by molar-refractivity contribution is 0.313. The van der Waals surface area contributed by atoms with Gasteiger partial charge in [0, 0.05) is 23.2 Å². The maximum Gasteiger partial charge on any atom is 0.142 e. The molecule has 1 atom stereocenters. The molecule has 0 fully saturated rings. The van der Waals surface area contributed by atoms with Gasteiger partial charge in [-0.05, 0) is 31.9 Å². The molecule has 0 radical (unpaired) electrons.